The summed E-state index contributed by atoms with van der Waals surface area (Å²) in [5.41, 5.74) is 1.17. The van der Waals surface area contributed by atoms with Crippen molar-refractivity contribution in [2.45, 2.75) is 13.3 Å². The summed E-state index contributed by atoms with van der Waals surface area (Å²) >= 11 is 0. The molecule has 0 unspecified atom stereocenters. The Morgan fingerprint density at radius 3 is 3.00 bits per heavy atom. The topological polar surface area (TPSA) is 12.9 Å². The van der Waals surface area contributed by atoms with Crippen LogP contribution >= 0.6 is 0 Å². The largest absolute Gasteiger partial charge is 0.206 e. The molecule has 0 aliphatic heterocycles. The molecule has 1 nitrogen and oxygen atoms in total. The van der Waals surface area contributed by atoms with Crippen molar-refractivity contribution < 1.29 is 0 Å². The SMILES string of the molecule is CCc1c#cncc1. The monoisotopic (exact) mass is 105 g/mol. The van der Waals surface area contributed by atoms with Gasteiger partial charge in [-0.3, -0.25) is 0 Å². The van der Waals surface area contributed by atoms with E-state index < -0.39 is 0 Å². The fourth-order valence-corrected chi connectivity index (χ4v) is 0.516. The Morgan fingerprint density at radius 1 is 1.75 bits per heavy atom. The molecule has 0 saturated carbocycles. The van der Waals surface area contributed by atoms with Gasteiger partial charge in [-0.2, -0.15) is 0 Å². The smallest absolute Gasteiger partial charge is 0.0388 e. The molecule has 0 aromatic carbocycles. The number of aryl methyl sites for hydroxylation is 1. The molecule has 0 spiro atoms. The van der Waals surface area contributed by atoms with Crippen molar-refractivity contribution in [1.29, 1.82) is 0 Å². The van der Waals surface area contributed by atoms with Crippen LogP contribution < -0.4 is 0 Å². The van der Waals surface area contributed by atoms with Gasteiger partial charge in [0.25, 0.3) is 0 Å². The first-order valence-corrected chi connectivity index (χ1v) is 2.66. The van der Waals surface area contributed by atoms with E-state index in [4.69, 9.17) is 0 Å². The molecule has 1 aromatic rings. The van der Waals surface area contributed by atoms with E-state index in [0.717, 1.165) is 6.42 Å². The quantitative estimate of drug-likeness (QED) is 0.523. The van der Waals surface area contributed by atoms with Crippen molar-refractivity contribution in [3.05, 3.63) is 30.1 Å². The predicted octanol–water partition coefficient (Wildman–Crippen LogP) is 1.24. The Bertz CT molecular complexity index is 146. The summed E-state index contributed by atoms with van der Waals surface area (Å²) in [5, 5.41) is 0. The third-order valence-electron chi connectivity index (χ3n) is 1.01. The van der Waals surface area contributed by atoms with Gasteiger partial charge in [0.2, 0.25) is 0 Å². The highest BCUT2D eigenvalue weighted by atomic mass is 14.6. The zero-order chi connectivity index (χ0) is 5.82. The van der Waals surface area contributed by atoms with E-state index in [1.165, 1.54) is 5.56 Å². The van der Waals surface area contributed by atoms with Crippen LogP contribution in [0.15, 0.2) is 12.3 Å². The molecule has 1 heterocycles. The van der Waals surface area contributed by atoms with Gasteiger partial charge in [-0.25, -0.2) is 4.98 Å². The zero-order valence-electron chi connectivity index (χ0n) is 4.81. The molecular weight excluding hydrogens is 98.1 g/mol. The molecule has 0 radical (unpaired) electrons. The normalized spacial score (nSPS) is 8.12. The van der Waals surface area contributed by atoms with Crippen molar-refractivity contribution in [3.8, 4) is 0 Å². The van der Waals surface area contributed by atoms with E-state index in [9.17, 15) is 0 Å². The van der Waals surface area contributed by atoms with Crippen LogP contribution in [0.4, 0.5) is 0 Å². The zero-order valence-corrected chi connectivity index (χ0v) is 4.81. The van der Waals surface area contributed by atoms with Gasteiger partial charge in [-0.05, 0) is 18.6 Å². The molecule has 0 N–H and O–H groups in total. The van der Waals surface area contributed by atoms with E-state index >= 15 is 0 Å². The molecule has 40 valence electrons. The van der Waals surface area contributed by atoms with E-state index in [2.05, 4.69) is 24.2 Å². The lowest BCUT2D eigenvalue weighted by Crippen LogP contribution is -1.74. The van der Waals surface area contributed by atoms with Crippen molar-refractivity contribution >= 4 is 0 Å². The molecule has 0 atom stereocenters. The Labute approximate surface area is 49.4 Å². The predicted molar refractivity (Wildman–Crippen MR) is 31.3 cm³/mol. The molecule has 8 heavy (non-hydrogen) atoms. The fraction of sp³-hybridized carbons (Fsp3) is 0.286. The molecule has 0 fully saturated rings. The second-order valence-corrected chi connectivity index (χ2v) is 1.56. The van der Waals surface area contributed by atoms with Gasteiger partial charge in [0.05, 0.1) is 0 Å². The summed E-state index contributed by atoms with van der Waals surface area (Å²) < 4.78 is 0. The van der Waals surface area contributed by atoms with Crippen molar-refractivity contribution in [2.24, 2.45) is 0 Å². The van der Waals surface area contributed by atoms with Crippen LogP contribution in [0.2, 0.25) is 0 Å². The van der Waals surface area contributed by atoms with Crippen LogP contribution in [0, 0.1) is 12.3 Å². The molecule has 0 aliphatic rings. The summed E-state index contributed by atoms with van der Waals surface area (Å²) in [4.78, 5) is 3.71. The van der Waals surface area contributed by atoms with Crippen LogP contribution in [-0.4, -0.2) is 4.98 Å². The average Bonchev–Trinajstić information content (AvgIpc) is 1.90. The molecule has 0 aliphatic carbocycles. The maximum atomic E-state index is 3.71. The number of aromatic nitrogens is 1. The first-order valence-electron chi connectivity index (χ1n) is 2.66. The fourth-order valence-electron chi connectivity index (χ4n) is 0.516. The van der Waals surface area contributed by atoms with Gasteiger partial charge >= 0.3 is 0 Å². The number of nitrogens with zero attached hydrogens (tertiary/aromatic N) is 1. The molecule has 1 aromatic heterocycles. The molecule has 0 amide bonds. The van der Waals surface area contributed by atoms with Crippen LogP contribution in [-0.2, 0) is 6.42 Å². The first kappa shape index (κ1) is 5.11. The van der Waals surface area contributed by atoms with Crippen molar-refractivity contribution in [3.63, 3.8) is 0 Å². The standard InChI is InChI=1S/C7H7N/c1-2-7-3-5-8-6-4-7/h3,5H,2H2,1H3. The van der Waals surface area contributed by atoms with Gasteiger partial charge < -0.3 is 0 Å². The lowest BCUT2D eigenvalue weighted by molar-refractivity contribution is 1.13. The Balaban J connectivity index is 2.83. The average molecular weight is 105 g/mol. The van der Waals surface area contributed by atoms with Crippen LogP contribution in [0.1, 0.15) is 12.5 Å². The minimum atomic E-state index is 1.01. The summed E-state index contributed by atoms with van der Waals surface area (Å²) in [6, 6.07) is 4.82. The number of hydrogen-bond acceptors (Lipinski definition) is 1. The van der Waals surface area contributed by atoms with Crippen molar-refractivity contribution in [1.82, 2.24) is 4.98 Å². The molecule has 0 bridgehead atoms. The third-order valence-corrected chi connectivity index (χ3v) is 1.01. The van der Waals surface area contributed by atoms with Crippen molar-refractivity contribution in [2.75, 3.05) is 0 Å². The molecule has 0 saturated heterocycles. The maximum absolute atomic E-state index is 3.71. The molecule has 1 heteroatoms. The van der Waals surface area contributed by atoms with Crippen LogP contribution in [0.25, 0.3) is 0 Å². The Morgan fingerprint density at radius 2 is 2.62 bits per heavy atom. The van der Waals surface area contributed by atoms with E-state index in [-0.39, 0.29) is 0 Å². The third kappa shape index (κ3) is 0.974. The molecular formula is C7H7N. The highest BCUT2D eigenvalue weighted by molar-refractivity contribution is 5.02. The Hall–Kier alpha value is -1.03. The molecule has 1 rings (SSSR count). The van der Waals surface area contributed by atoms with E-state index in [1.54, 1.807) is 6.20 Å². The lowest BCUT2D eigenvalue weighted by atomic mass is 10.2. The summed E-state index contributed by atoms with van der Waals surface area (Å²) in [7, 11) is 0. The summed E-state index contributed by atoms with van der Waals surface area (Å²) in [5.74, 6) is 0. The summed E-state index contributed by atoms with van der Waals surface area (Å²) in [6.45, 7) is 2.08. The minimum absolute atomic E-state index is 1.01. The van der Waals surface area contributed by atoms with Gasteiger partial charge in [0.15, 0.2) is 0 Å². The maximum Gasteiger partial charge on any atom is 0.0388 e. The number of rotatable bonds is 1. The van der Waals surface area contributed by atoms with Crippen LogP contribution in [0.5, 0.6) is 0 Å². The number of hydrogen-bond donors (Lipinski definition) is 0. The van der Waals surface area contributed by atoms with Gasteiger partial charge in [-0.1, -0.05) is 6.92 Å². The minimum Gasteiger partial charge on any atom is -0.206 e. The highest BCUT2D eigenvalue weighted by Gasteiger charge is 1.79. The highest BCUT2D eigenvalue weighted by Crippen LogP contribution is 1.89. The van der Waals surface area contributed by atoms with E-state index in [1.807, 2.05) is 6.07 Å². The second kappa shape index (κ2) is 2.32. The van der Waals surface area contributed by atoms with Gasteiger partial charge in [0.1, 0.15) is 0 Å². The van der Waals surface area contributed by atoms with E-state index in [0.29, 0.717) is 0 Å². The summed E-state index contributed by atoms with van der Waals surface area (Å²) in [6.07, 6.45) is 5.38. The van der Waals surface area contributed by atoms with Crippen LogP contribution in [0.3, 0.4) is 0 Å². The second-order valence-electron chi connectivity index (χ2n) is 1.56. The van der Waals surface area contributed by atoms with Gasteiger partial charge in [0, 0.05) is 18.0 Å². The Kier molecular flexibility index (Phi) is 1.48. The first-order chi connectivity index (χ1) is 3.93. The lowest BCUT2D eigenvalue weighted by Gasteiger charge is -1.82. The van der Waals surface area contributed by atoms with Gasteiger partial charge in [-0.15, -0.1) is 0 Å².